The van der Waals surface area contributed by atoms with Gasteiger partial charge in [-0.2, -0.15) is 5.10 Å². The van der Waals surface area contributed by atoms with Crippen molar-refractivity contribution in [3.05, 3.63) is 52.5 Å². The first-order chi connectivity index (χ1) is 13.3. The molecule has 0 aliphatic heterocycles. The fourth-order valence-electron chi connectivity index (χ4n) is 3.22. The van der Waals surface area contributed by atoms with E-state index >= 15 is 0 Å². The third-order valence-corrected chi connectivity index (χ3v) is 4.71. The van der Waals surface area contributed by atoms with Crippen LogP contribution in [0.5, 0.6) is 5.75 Å². The van der Waals surface area contributed by atoms with Crippen molar-refractivity contribution in [1.29, 1.82) is 0 Å². The average molecular weight is 381 g/mol. The van der Waals surface area contributed by atoms with Crippen LogP contribution in [0, 0.1) is 20.8 Å². The van der Waals surface area contributed by atoms with Gasteiger partial charge in [0, 0.05) is 17.8 Å². The van der Waals surface area contributed by atoms with Gasteiger partial charge in [0.2, 0.25) is 5.91 Å². The number of methoxy groups -OCH3 is 1. The molecule has 8 nitrogen and oxygen atoms in total. The largest absolute Gasteiger partial charge is 0.495 e. The van der Waals surface area contributed by atoms with E-state index < -0.39 is 5.91 Å². The van der Waals surface area contributed by atoms with Crippen molar-refractivity contribution in [2.45, 2.75) is 33.6 Å². The SMILES string of the molecule is COc1ccc(C)cc1NC(=O)CCc1c(C)nc2c(C(N)=O)cnn2c1C. The van der Waals surface area contributed by atoms with Crippen LogP contribution in [0.1, 0.15) is 39.3 Å². The number of anilines is 1. The van der Waals surface area contributed by atoms with Crippen molar-refractivity contribution in [2.24, 2.45) is 5.73 Å². The molecule has 0 bridgehead atoms. The number of nitrogens with zero attached hydrogens (tertiary/aromatic N) is 3. The zero-order valence-corrected chi connectivity index (χ0v) is 16.4. The maximum absolute atomic E-state index is 12.5. The highest BCUT2D eigenvalue weighted by Crippen LogP contribution is 2.25. The van der Waals surface area contributed by atoms with Crippen LogP contribution in [-0.2, 0) is 11.2 Å². The van der Waals surface area contributed by atoms with Crippen molar-refractivity contribution >= 4 is 23.1 Å². The van der Waals surface area contributed by atoms with Crippen molar-refractivity contribution in [2.75, 3.05) is 12.4 Å². The summed E-state index contributed by atoms with van der Waals surface area (Å²) < 4.78 is 6.89. The number of ether oxygens (including phenoxy) is 1. The molecule has 2 aromatic heterocycles. The second-order valence-electron chi connectivity index (χ2n) is 6.67. The van der Waals surface area contributed by atoms with Crippen molar-refractivity contribution in [1.82, 2.24) is 14.6 Å². The molecule has 146 valence electrons. The van der Waals surface area contributed by atoms with Gasteiger partial charge in [0.1, 0.15) is 11.3 Å². The number of carbonyl (C=O) groups excluding carboxylic acids is 2. The fourth-order valence-corrected chi connectivity index (χ4v) is 3.22. The van der Waals surface area contributed by atoms with Gasteiger partial charge in [0.25, 0.3) is 5.91 Å². The van der Waals surface area contributed by atoms with Crippen molar-refractivity contribution < 1.29 is 14.3 Å². The lowest BCUT2D eigenvalue weighted by atomic mass is 10.1. The molecule has 3 N–H and O–H groups in total. The molecule has 0 unspecified atom stereocenters. The summed E-state index contributed by atoms with van der Waals surface area (Å²) in [5.74, 6) is -0.0773. The van der Waals surface area contributed by atoms with Crippen LogP contribution in [0.4, 0.5) is 5.69 Å². The Morgan fingerprint density at radius 1 is 1.25 bits per heavy atom. The summed E-state index contributed by atoms with van der Waals surface area (Å²) >= 11 is 0. The summed E-state index contributed by atoms with van der Waals surface area (Å²) in [6, 6.07) is 5.62. The van der Waals surface area contributed by atoms with Crippen LogP contribution in [0.25, 0.3) is 5.65 Å². The molecule has 28 heavy (non-hydrogen) atoms. The predicted molar refractivity (Wildman–Crippen MR) is 106 cm³/mol. The van der Waals surface area contributed by atoms with Gasteiger partial charge < -0.3 is 15.8 Å². The highest BCUT2D eigenvalue weighted by molar-refractivity contribution is 5.98. The van der Waals surface area contributed by atoms with E-state index in [-0.39, 0.29) is 17.9 Å². The Bertz CT molecular complexity index is 1070. The summed E-state index contributed by atoms with van der Waals surface area (Å²) in [7, 11) is 1.57. The lowest BCUT2D eigenvalue weighted by Crippen LogP contribution is -2.15. The van der Waals surface area contributed by atoms with Crippen LogP contribution in [0.3, 0.4) is 0 Å². The number of nitrogens with two attached hydrogens (primary N) is 1. The molecule has 0 fully saturated rings. The minimum atomic E-state index is -0.569. The number of hydrogen-bond acceptors (Lipinski definition) is 5. The molecular weight excluding hydrogens is 358 g/mol. The Morgan fingerprint density at radius 2 is 2.00 bits per heavy atom. The summed E-state index contributed by atoms with van der Waals surface area (Å²) in [6.07, 6.45) is 2.18. The van der Waals surface area contributed by atoms with E-state index in [9.17, 15) is 9.59 Å². The second-order valence-corrected chi connectivity index (χ2v) is 6.67. The Labute approximate surface area is 162 Å². The molecule has 0 saturated carbocycles. The van der Waals surface area contributed by atoms with Crippen LogP contribution in [0.15, 0.2) is 24.4 Å². The Hall–Kier alpha value is -3.42. The molecule has 8 heteroatoms. The third-order valence-electron chi connectivity index (χ3n) is 4.71. The maximum Gasteiger partial charge on any atom is 0.254 e. The van der Waals surface area contributed by atoms with E-state index in [2.05, 4.69) is 15.4 Å². The molecule has 0 saturated heterocycles. The molecule has 3 aromatic rings. The minimum Gasteiger partial charge on any atom is -0.495 e. The average Bonchev–Trinajstić information content (AvgIpc) is 3.06. The number of rotatable bonds is 6. The molecule has 0 atom stereocenters. The van der Waals surface area contributed by atoms with E-state index in [1.165, 1.54) is 6.20 Å². The zero-order chi connectivity index (χ0) is 20.4. The highest BCUT2D eigenvalue weighted by atomic mass is 16.5. The van der Waals surface area contributed by atoms with Crippen LogP contribution in [0.2, 0.25) is 0 Å². The Kier molecular flexibility index (Phi) is 5.30. The first-order valence-electron chi connectivity index (χ1n) is 8.90. The Balaban J connectivity index is 1.79. The smallest absolute Gasteiger partial charge is 0.254 e. The molecule has 1 aromatic carbocycles. The molecule has 2 heterocycles. The number of nitrogens with one attached hydrogen (secondary N) is 1. The molecule has 0 aliphatic carbocycles. The van der Waals surface area contributed by atoms with Crippen LogP contribution in [-0.4, -0.2) is 33.5 Å². The highest BCUT2D eigenvalue weighted by Gasteiger charge is 2.17. The molecule has 2 amide bonds. The number of carbonyl (C=O) groups is 2. The number of fused-ring (bicyclic) bond motifs is 1. The van der Waals surface area contributed by atoms with E-state index in [0.717, 1.165) is 22.5 Å². The maximum atomic E-state index is 12.5. The van der Waals surface area contributed by atoms with Gasteiger partial charge in [-0.15, -0.1) is 0 Å². The fraction of sp³-hybridized carbons (Fsp3) is 0.300. The van der Waals surface area contributed by atoms with Gasteiger partial charge in [0.15, 0.2) is 5.65 Å². The lowest BCUT2D eigenvalue weighted by Gasteiger charge is -2.13. The van der Waals surface area contributed by atoms with Crippen LogP contribution >= 0.6 is 0 Å². The summed E-state index contributed by atoms with van der Waals surface area (Å²) in [5.41, 5.74) is 10.2. The van der Waals surface area contributed by atoms with Crippen molar-refractivity contribution in [3.63, 3.8) is 0 Å². The summed E-state index contributed by atoms with van der Waals surface area (Å²) in [5, 5.41) is 7.10. The molecule has 0 aliphatic rings. The van der Waals surface area contributed by atoms with Gasteiger partial charge in [0.05, 0.1) is 19.0 Å². The first-order valence-corrected chi connectivity index (χ1v) is 8.90. The summed E-state index contributed by atoms with van der Waals surface area (Å²) in [4.78, 5) is 28.5. The number of primary amides is 1. The van der Waals surface area contributed by atoms with Crippen molar-refractivity contribution in [3.8, 4) is 5.75 Å². The molecule has 3 rings (SSSR count). The van der Waals surface area contributed by atoms with Gasteiger partial charge in [-0.1, -0.05) is 6.07 Å². The number of aryl methyl sites for hydroxylation is 3. The third kappa shape index (κ3) is 3.66. The summed E-state index contributed by atoms with van der Waals surface area (Å²) in [6.45, 7) is 5.69. The number of aromatic nitrogens is 3. The zero-order valence-electron chi connectivity index (χ0n) is 16.4. The quantitative estimate of drug-likeness (QED) is 0.681. The number of hydrogen-bond donors (Lipinski definition) is 2. The molecule has 0 radical (unpaired) electrons. The monoisotopic (exact) mass is 381 g/mol. The predicted octanol–water partition coefficient (Wildman–Crippen LogP) is 2.33. The van der Waals surface area contributed by atoms with E-state index in [0.29, 0.717) is 23.5 Å². The second kappa shape index (κ2) is 7.67. The normalized spacial score (nSPS) is 10.9. The van der Waals surface area contributed by atoms with Gasteiger partial charge in [-0.05, 0) is 50.5 Å². The Morgan fingerprint density at radius 3 is 2.68 bits per heavy atom. The van der Waals surface area contributed by atoms with Gasteiger partial charge in [-0.25, -0.2) is 9.50 Å². The van der Waals surface area contributed by atoms with E-state index in [1.807, 2.05) is 39.0 Å². The van der Waals surface area contributed by atoms with Gasteiger partial charge >= 0.3 is 0 Å². The van der Waals surface area contributed by atoms with Gasteiger partial charge in [-0.3, -0.25) is 9.59 Å². The van der Waals surface area contributed by atoms with E-state index in [4.69, 9.17) is 10.5 Å². The minimum absolute atomic E-state index is 0.124. The topological polar surface area (TPSA) is 112 Å². The first kappa shape index (κ1) is 19.3. The van der Waals surface area contributed by atoms with Crippen LogP contribution < -0.4 is 15.8 Å². The lowest BCUT2D eigenvalue weighted by molar-refractivity contribution is -0.116. The molecule has 0 spiro atoms. The number of benzene rings is 1. The molecular formula is C20H23N5O3. The standard InChI is InChI=1S/C20H23N5O3/c1-11-5-7-17(28-4)16(9-11)24-18(26)8-6-14-12(2)23-20-15(19(21)27)10-22-25(20)13(14)3/h5,7,9-10H,6,8H2,1-4H3,(H2,21,27)(H,24,26). The van der Waals surface area contributed by atoms with E-state index in [1.54, 1.807) is 11.6 Å². The number of amides is 2.